The van der Waals surface area contributed by atoms with Crippen LogP contribution in [-0.2, 0) is 29.0 Å². The lowest BCUT2D eigenvalue weighted by Gasteiger charge is -2.24. The SMILES string of the molecule is Cc1cc(O)cc(C)c1CC(NC(=O)C(N)CCCn1ccnc1N)C(=O)N[C@@H](CCCCN)c1nc(CC2CCCCC2)no1. The molecule has 3 atom stereocenters. The van der Waals surface area contributed by atoms with Crippen LogP contribution < -0.4 is 27.8 Å². The Kier molecular flexibility index (Phi) is 13.0. The Hall–Kier alpha value is -3.97. The van der Waals surface area contributed by atoms with Gasteiger partial charge in [0.1, 0.15) is 17.8 Å². The number of nitrogens with one attached hydrogen (secondary N) is 2. The Morgan fingerprint density at radius 3 is 2.48 bits per heavy atom. The third-order valence-corrected chi connectivity index (χ3v) is 8.96. The van der Waals surface area contributed by atoms with Crippen molar-refractivity contribution < 1.29 is 19.2 Å². The predicted octanol–water partition coefficient (Wildman–Crippen LogP) is 3.12. The zero-order valence-corrected chi connectivity index (χ0v) is 27.2. The number of aryl methyl sites for hydroxylation is 3. The van der Waals surface area contributed by atoms with Gasteiger partial charge in [-0.3, -0.25) is 9.59 Å². The average molecular weight is 638 g/mol. The Labute approximate surface area is 271 Å². The van der Waals surface area contributed by atoms with Gasteiger partial charge in [-0.15, -0.1) is 0 Å². The summed E-state index contributed by atoms with van der Waals surface area (Å²) in [5, 5.41) is 20.3. The molecule has 4 rings (SSSR count). The van der Waals surface area contributed by atoms with E-state index in [4.69, 9.17) is 26.7 Å². The van der Waals surface area contributed by atoms with Gasteiger partial charge in [0.25, 0.3) is 0 Å². The summed E-state index contributed by atoms with van der Waals surface area (Å²) in [5.41, 5.74) is 20.4. The highest BCUT2D eigenvalue weighted by Crippen LogP contribution is 2.27. The molecule has 1 aliphatic carbocycles. The minimum atomic E-state index is -0.938. The van der Waals surface area contributed by atoms with Crippen molar-refractivity contribution in [3.05, 3.63) is 52.9 Å². The van der Waals surface area contributed by atoms with Crippen molar-refractivity contribution in [1.29, 1.82) is 0 Å². The van der Waals surface area contributed by atoms with Crippen LogP contribution in [0.2, 0.25) is 0 Å². The van der Waals surface area contributed by atoms with Gasteiger partial charge in [-0.05, 0) is 87.2 Å². The number of hydrogen-bond acceptors (Lipinski definition) is 10. The van der Waals surface area contributed by atoms with Crippen molar-refractivity contribution in [3.8, 4) is 5.75 Å². The molecule has 13 heteroatoms. The molecule has 252 valence electrons. The number of phenols is 1. The fraction of sp³-hybridized carbons (Fsp3) is 0.606. The standard InChI is InChI=1S/C33H51N9O4/c1-21-17-24(43)18-22(2)25(21)20-28(39-30(44)26(35)11-8-15-42-16-14-37-33(42)36)31(45)38-27(12-6-7-13-34)32-40-29(41-46-32)19-23-9-4-3-5-10-23/h14,16-18,23,26-28,43H,3-13,15,19-20,34-35H2,1-2H3,(H2,36,37)(H,38,45)(H,39,44)/t26?,27-,28?/m0/s1. The fourth-order valence-electron chi connectivity index (χ4n) is 6.29. The maximum Gasteiger partial charge on any atom is 0.249 e. The van der Waals surface area contributed by atoms with E-state index in [1.165, 1.54) is 19.3 Å². The first-order chi connectivity index (χ1) is 22.1. The van der Waals surface area contributed by atoms with Crippen molar-refractivity contribution in [2.45, 2.75) is 116 Å². The summed E-state index contributed by atoms with van der Waals surface area (Å²) in [5.74, 6) is 1.28. The number of unbranched alkanes of at least 4 members (excludes halogenated alkanes) is 1. The summed E-state index contributed by atoms with van der Waals surface area (Å²) in [6.07, 6.45) is 13.5. The molecule has 1 aliphatic rings. The Bertz CT molecular complexity index is 1390. The number of rotatable bonds is 17. The van der Waals surface area contributed by atoms with Gasteiger partial charge >= 0.3 is 0 Å². The summed E-state index contributed by atoms with van der Waals surface area (Å²) in [7, 11) is 0. The highest BCUT2D eigenvalue weighted by atomic mass is 16.5. The van der Waals surface area contributed by atoms with Crippen LogP contribution in [0.5, 0.6) is 5.75 Å². The van der Waals surface area contributed by atoms with Crippen LogP contribution in [0, 0.1) is 19.8 Å². The molecular weight excluding hydrogens is 586 g/mol. The normalized spacial score (nSPS) is 15.7. The van der Waals surface area contributed by atoms with E-state index >= 15 is 0 Å². The maximum atomic E-state index is 14.0. The van der Waals surface area contributed by atoms with Crippen LogP contribution in [0.1, 0.15) is 98.7 Å². The van der Waals surface area contributed by atoms with E-state index < -0.39 is 24.0 Å². The number of nitrogens with zero attached hydrogens (tertiary/aromatic N) is 4. The molecule has 3 aromatic rings. The number of carbonyl (C=O) groups is 2. The number of nitrogens with two attached hydrogens (primary N) is 3. The molecule has 0 radical (unpaired) electrons. The predicted molar refractivity (Wildman–Crippen MR) is 175 cm³/mol. The first-order valence-corrected chi connectivity index (χ1v) is 16.6. The monoisotopic (exact) mass is 637 g/mol. The molecule has 0 saturated heterocycles. The maximum absolute atomic E-state index is 14.0. The zero-order valence-electron chi connectivity index (χ0n) is 27.2. The van der Waals surface area contributed by atoms with Crippen LogP contribution in [0.3, 0.4) is 0 Å². The molecule has 1 fully saturated rings. The van der Waals surface area contributed by atoms with E-state index in [2.05, 4.69) is 20.8 Å². The zero-order chi connectivity index (χ0) is 33.1. The quantitative estimate of drug-likeness (QED) is 0.119. The van der Waals surface area contributed by atoms with Crippen molar-refractivity contribution in [2.75, 3.05) is 12.3 Å². The second-order valence-electron chi connectivity index (χ2n) is 12.7. The van der Waals surface area contributed by atoms with E-state index in [0.717, 1.165) is 48.8 Å². The third-order valence-electron chi connectivity index (χ3n) is 8.96. The van der Waals surface area contributed by atoms with Gasteiger partial charge in [-0.2, -0.15) is 4.98 Å². The topological polar surface area (TPSA) is 213 Å². The van der Waals surface area contributed by atoms with Gasteiger partial charge in [0.2, 0.25) is 17.7 Å². The lowest BCUT2D eigenvalue weighted by Crippen LogP contribution is -2.53. The summed E-state index contributed by atoms with van der Waals surface area (Å²) in [6.45, 7) is 4.84. The number of carbonyl (C=O) groups excluding carboxylic acids is 2. The number of nitrogen functional groups attached to an aromatic ring is 1. The minimum absolute atomic E-state index is 0.143. The largest absolute Gasteiger partial charge is 0.508 e. The Balaban J connectivity index is 1.49. The molecule has 0 bridgehead atoms. The fourth-order valence-corrected chi connectivity index (χ4v) is 6.29. The van der Waals surface area contributed by atoms with Crippen LogP contribution in [-0.4, -0.2) is 55.2 Å². The highest BCUT2D eigenvalue weighted by molar-refractivity contribution is 5.90. The van der Waals surface area contributed by atoms with E-state index in [-0.39, 0.29) is 18.1 Å². The van der Waals surface area contributed by atoms with Gasteiger partial charge in [-0.1, -0.05) is 37.3 Å². The van der Waals surface area contributed by atoms with E-state index in [0.29, 0.717) is 55.9 Å². The lowest BCUT2D eigenvalue weighted by molar-refractivity contribution is -0.130. The molecule has 9 N–H and O–H groups in total. The van der Waals surface area contributed by atoms with Crippen LogP contribution >= 0.6 is 0 Å². The van der Waals surface area contributed by atoms with Crippen LogP contribution in [0.15, 0.2) is 29.0 Å². The van der Waals surface area contributed by atoms with Gasteiger partial charge in [0, 0.05) is 31.8 Å². The molecule has 2 unspecified atom stereocenters. The van der Waals surface area contributed by atoms with Crippen molar-refractivity contribution >= 4 is 17.8 Å². The molecule has 13 nitrogen and oxygen atoms in total. The van der Waals surface area contributed by atoms with Gasteiger partial charge in [0.05, 0.1) is 6.04 Å². The minimum Gasteiger partial charge on any atom is -0.508 e. The highest BCUT2D eigenvalue weighted by Gasteiger charge is 2.30. The molecule has 2 heterocycles. The van der Waals surface area contributed by atoms with E-state index in [1.54, 1.807) is 29.1 Å². The average Bonchev–Trinajstić information content (AvgIpc) is 3.66. The number of hydrogen-bond donors (Lipinski definition) is 6. The smallest absolute Gasteiger partial charge is 0.249 e. The van der Waals surface area contributed by atoms with Crippen LogP contribution in [0.4, 0.5) is 5.95 Å². The van der Waals surface area contributed by atoms with Crippen LogP contribution in [0.25, 0.3) is 0 Å². The number of phenolic OH excluding ortho intramolecular Hbond substituents is 1. The molecular formula is C33H51N9O4. The summed E-state index contributed by atoms with van der Waals surface area (Å²) in [4.78, 5) is 36.0. The van der Waals surface area contributed by atoms with Gasteiger partial charge in [0.15, 0.2) is 11.8 Å². The first kappa shape index (κ1) is 34.9. The molecule has 1 aromatic carbocycles. The molecule has 0 spiro atoms. The number of anilines is 1. The molecule has 2 amide bonds. The third kappa shape index (κ3) is 10.0. The van der Waals surface area contributed by atoms with Gasteiger partial charge in [-0.25, -0.2) is 4.98 Å². The molecule has 0 aliphatic heterocycles. The Morgan fingerprint density at radius 2 is 1.80 bits per heavy atom. The second-order valence-corrected chi connectivity index (χ2v) is 12.7. The van der Waals surface area contributed by atoms with E-state index in [1.807, 2.05) is 13.8 Å². The Morgan fingerprint density at radius 1 is 1.07 bits per heavy atom. The molecule has 46 heavy (non-hydrogen) atoms. The number of aromatic nitrogens is 4. The van der Waals surface area contributed by atoms with Crippen molar-refractivity contribution in [2.24, 2.45) is 17.4 Å². The van der Waals surface area contributed by atoms with Crippen molar-refractivity contribution in [1.82, 2.24) is 30.3 Å². The summed E-state index contributed by atoms with van der Waals surface area (Å²) in [6, 6.07) is 0.984. The molecule has 1 saturated carbocycles. The molecule has 2 aromatic heterocycles. The number of aromatic hydroxyl groups is 1. The number of amides is 2. The van der Waals surface area contributed by atoms with Gasteiger partial charge < -0.3 is 42.0 Å². The van der Waals surface area contributed by atoms with E-state index in [9.17, 15) is 14.7 Å². The number of benzene rings is 1. The lowest BCUT2D eigenvalue weighted by atomic mass is 9.87. The summed E-state index contributed by atoms with van der Waals surface area (Å²) < 4.78 is 7.49. The second kappa shape index (κ2) is 17.1. The van der Waals surface area contributed by atoms with Crippen molar-refractivity contribution in [3.63, 3.8) is 0 Å². The first-order valence-electron chi connectivity index (χ1n) is 16.6. The summed E-state index contributed by atoms with van der Waals surface area (Å²) >= 11 is 0. The number of imidazole rings is 1.